The Labute approximate surface area is 141 Å². The molecule has 0 bridgehead atoms. The van der Waals surface area contributed by atoms with Crippen LogP contribution >= 0.6 is 12.4 Å². The summed E-state index contributed by atoms with van der Waals surface area (Å²) in [5.41, 5.74) is 6.52. The van der Waals surface area contributed by atoms with E-state index >= 15 is 0 Å². The quantitative estimate of drug-likeness (QED) is 0.803. The molecule has 0 aromatic heterocycles. The molecule has 0 heterocycles. The Bertz CT molecular complexity index is 447. The lowest BCUT2D eigenvalue weighted by Gasteiger charge is -2.37. The summed E-state index contributed by atoms with van der Waals surface area (Å²) in [6.07, 6.45) is 1.54. The molecule has 0 aliphatic rings. The fourth-order valence-corrected chi connectivity index (χ4v) is 2.60. The summed E-state index contributed by atoms with van der Waals surface area (Å²) in [7, 11) is 0. The first-order valence-corrected chi connectivity index (χ1v) is 7.90. The third kappa shape index (κ3) is 4.23. The zero-order valence-corrected chi connectivity index (χ0v) is 15.3. The molecule has 0 saturated heterocycles. The fraction of sp³-hybridized carbons (Fsp3) is 0.611. The molecular weight excluding hydrogens is 296 g/mol. The first kappa shape index (κ1) is 20.9. The molecule has 126 valence electrons. The molecule has 22 heavy (non-hydrogen) atoms. The van der Waals surface area contributed by atoms with Crippen LogP contribution in [-0.2, 0) is 10.2 Å². The minimum absolute atomic E-state index is 0. The first-order chi connectivity index (χ1) is 9.84. The Balaban J connectivity index is 0.00000441. The van der Waals surface area contributed by atoms with Crippen LogP contribution < -0.4 is 11.1 Å². The lowest BCUT2D eigenvalue weighted by atomic mass is 9.76. The van der Waals surface area contributed by atoms with E-state index in [1.165, 1.54) is 5.56 Å². The van der Waals surface area contributed by atoms with E-state index in [2.05, 4.69) is 38.2 Å². The molecule has 0 radical (unpaired) electrons. The van der Waals surface area contributed by atoms with Crippen molar-refractivity contribution in [2.75, 3.05) is 6.54 Å². The molecule has 0 aliphatic heterocycles. The van der Waals surface area contributed by atoms with E-state index < -0.39 is 5.41 Å². The molecule has 3 N–H and O–H groups in total. The Morgan fingerprint density at radius 1 is 1.18 bits per heavy atom. The second kappa shape index (κ2) is 8.54. The molecule has 0 fully saturated rings. The molecule has 1 rings (SSSR count). The van der Waals surface area contributed by atoms with Gasteiger partial charge < -0.3 is 11.1 Å². The normalized spacial score (nSPS) is 13.2. The van der Waals surface area contributed by atoms with Gasteiger partial charge in [0, 0.05) is 18.0 Å². The third-order valence-electron chi connectivity index (χ3n) is 5.17. The van der Waals surface area contributed by atoms with Crippen LogP contribution in [0.5, 0.6) is 0 Å². The van der Waals surface area contributed by atoms with Crippen LogP contribution in [0.15, 0.2) is 30.3 Å². The summed E-state index contributed by atoms with van der Waals surface area (Å²) in [4.78, 5) is 12.7. The highest BCUT2D eigenvalue weighted by Gasteiger charge is 2.37. The molecule has 0 aliphatic carbocycles. The van der Waals surface area contributed by atoms with Gasteiger partial charge in [-0.3, -0.25) is 4.79 Å². The second-order valence-electron chi connectivity index (χ2n) is 6.47. The molecule has 3 nitrogen and oxygen atoms in total. The zero-order valence-electron chi connectivity index (χ0n) is 14.5. The minimum Gasteiger partial charge on any atom is -0.352 e. The van der Waals surface area contributed by atoms with Crippen LogP contribution in [0.2, 0.25) is 0 Å². The van der Waals surface area contributed by atoms with Crippen molar-refractivity contribution in [2.45, 2.75) is 58.9 Å². The molecule has 4 heteroatoms. The van der Waals surface area contributed by atoms with Gasteiger partial charge in [-0.2, -0.15) is 0 Å². The van der Waals surface area contributed by atoms with Crippen molar-refractivity contribution < 1.29 is 4.79 Å². The van der Waals surface area contributed by atoms with Gasteiger partial charge in [-0.25, -0.2) is 0 Å². The van der Waals surface area contributed by atoms with Crippen LogP contribution in [0.25, 0.3) is 0 Å². The van der Waals surface area contributed by atoms with Gasteiger partial charge in [-0.15, -0.1) is 12.4 Å². The predicted molar refractivity (Wildman–Crippen MR) is 96.4 cm³/mol. The topological polar surface area (TPSA) is 55.1 Å². The van der Waals surface area contributed by atoms with Gasteiger partial charge in [0.25, 0.3) is 0 Å². The number of hydrogen-bond donors (Lipinski definition) is 2. The summed E-state index contributed by atoms with van der Waals surface area (Å²) in [6.45, 7) is 10.8. The lowest BCUT2D eigenvalue weighted by Crippen LogP contribution is -2.52. The van der Waals surface area contributed by atoms with Crippen molar-refractivity contribution in [1.82, 2.24) is 5.32 Å². The Morgan fingerprint density at radius 3 is 2.09 bits per heavy atom. The summed E-state index contributed by atoms with van der Waals surface area (Å²) in [5, 5.41) is 3.19. The highest BCUT2D eigenvalue weighted by molar-refractivity contribution is 5.85. The summed E-state index contributed by atoms with van der Waals surface area (Å²) < 4.78 is 0. The Hall–Kier alpha value is -1.06. The zero-order chi connectivity index (χ0) is 16.1. The second-order valence-corrected chi connectivity index (χ2v) is 6.47. The summed E-state index contributed by atoms with van der Waals surface area (Å²) in [5.74, 6) is 0.0755. The fourth-order valence-electron chi connectivity index (χ4n) is 2.60. The third-order valence-corrected chi connectivity index (χ3v) is 5.17. The number of nitrogens with two attached hydrogens (primary N) is 1. The maximum Gasteiger partial charge on any atom is 0.227 e. The Kier molecular flexibility index (Phi) is 8.13. The van der Waals surface area contributed by atoms with E-state index in [4.69, 9.17) is 5.73 Å². The highest BCUT2D eigenvalue weighted by atomic mass is 35.5. The molecule has 1 aromatic carbocycles. The number of halogens is 1. The predicted octanol–water partition coefficient (Wildman–Crippen LogP) is 3.66. The van der Waals surface area contributed by atoms with Crippen molar-refractivity contribution in [1.29, 1.82) is 0 Å². The van der Waals surface area contributed by atoms with E-state index in [1.807, 2.05) is 32.0 Å². The highest BCUT2D eigenvalue weighted by Crippen LogP contribution is 2.29. The van der Waals surface area contributed by atoms with E-state index in [1.54, 1.807) is 0 Å². The monoisotopic (exact) mass is 326 g/mol. The number of benzene rings is 1. The number of rotatable bonds is 7. The smallest absolute Gasteiger partial charge is 0.227 e. The standard InChI is InChI=1S/C18H30N2O.ClH/c1-6-18(7-2,13-19)16(21)20-14(3)17(4,5)15-11-9-8-10-12-15;/h8-12,14H,6-7,13,19H2,1-5H3,(H,20,21);1H. The minimum atomic E-state index is -0.443. The maximum atomic E-state index is 12.7. The van der Waals surface area contributed by atoms with Crippen LogP contribution in [0, 0.1) is 5.41 Å². The molecular formula is C18H31ClN2O. The SMILES string of the molecule is CCC(CC)(CN)C(=O)NC(C)C(C)(C)c1ccccc1.Cl. The van der Waals surface area contributed by atoms with Gasteiger partial charge in [0.1, 0.15) is 0 Å². The van der Waals surface area contributed by atoms with Gasteiger partial charge in [0.05, 0.1) is 5.41 Å². The van der Waals surface area contributed by atoms with Crippen LogP contribution in [0.4, 0.5) is 0 Å². The average molecular weight is 327 g/mol. The summed E-state index contributed by atoms with van der Waals surface area (Å²) >= 11 is 0. The first-order valence-electron chi connectivity index (χ1n) is 7.90. The number of carbonyl (C=O) groups excluding carboxylic acids is 1. The van der Waals surface area contributed by atoms with Crippen molar-refractivity contribution in [3.05, 3.63) is 35.9 Å². The van der Waals surface area contributed by atoms with Crippen LogP contribution in [-0.4, -0.2) is 18.5 Å². The van der Waals surface area contributed by atoms with Crippen LogP contribution in [0.3, 0.4) is 0 Å². The molecule has 1 aromatic rings. The number of amides is 1. The van der Waals surface area contributed by atoms with E-state index in [9.17, 15) is 4.79 Å². The number of nitrogens with one attached hydrogen (secondary N) is 1. The average Bonchev–Trinajstić information content (AvgIpc) is 2.50. The molecule has 0 spiro atoms. The van der Waals surface area contributed by atoms with Gasteiger partial charge in [-0.05, 0) is 25.3 Å². The Morgan fingerprint density at radius 2 is 1.68 bits per heavy atom. The number of hydrogen-bond acceptors (Lipinski definition) is 2. The van der Waals surface area contributed by atoms with Crippen molar-refractivity contribution in [3.8, 4) is 0 Å². The van der Waals surface area contributed by atoms with Crippen LogP contribution in [0.1, 0.15) is 53.0 Å². The molecule has 0 saturated carbocycles. The van der Waals surface area contributed by atoms with E-state index in [-0.39, 0.29) is 29.8 Å². The van der Waals surface area contributed by atoms with Gasteiger partial charge in [0.2, 0.25) is 5.91 Å². The molecule has 1 atom stereocenters. The molecule has 1 amide bonds. The molecule has 1 unspecified atom stereocenters. The van der Waals surface area contributed by atoms with Crippen molar-refractivity contribution in [3.63, 3.8) is 0 Å². The van der Waals surface area contributed by atoms with E-state index in [0.29, 0.717) is 6.54 Å². The maximum absolute atomic E-state index is 12.7. The largest absolute Gasteiger partial charge is 0.352 e. The summed E-state index contributed by atoms with van der Waals surface area (Å²) in [6, 6.07) is 10.3. The van der Waals surface area contributed by atoms with Crippen molar-refractivity contribution in [2.24, 2.45) is 11.1 Å². The van der Waals surface area contributed by atoms with E-state index in [0.717, 1.165) is 12.8 Å². The van der Waals surface area contributed by atoms with Gasteiger partial charge >= 0.3 is 0 Å². The van der Waals surface area contributed by atoms with Crippen molar-refractivity contribution >= 4 is 18.3 Å². The lowest BCUT2D eigenvalue weighted by molar-refractivity contribution is -0.132. The number of carbonyl (C=O) groups is 1. The van der Waals surface area contributed by atoms with Gasteiger partial charge in [-0.1, -0.05) is 58.0 Å². The van der Waals surface area contributed by atoms with Gasteiger partial charge in [0.15, 0.2) is 0 Å².